The monoisotopic (exact) mass is 321 g/mol. The average Bonchev–Trinajstić information content (AvgIpc) is 3.22. The Hall–Kier alpha value is -3.15. The van der Waals surface area contributed by atoms with Crippen LogP contribution in [0.1, 0.15) is 27.9 Å². The minimum absolute atomic E-state index is 0.116. The third-order valence-electron chi connectivity index (χ3n) is 3.92. The Labute approximate surface area is 138 Å². The van der Waals surface area contributed by atoms with Gasteiger partial charge in [-0.1, -0.05) is 35.5 Å². The van der Waals surface area contributed by atoms with Crippen molar-refractivity contribution < 1.29 is 14.1 Å². The van der Waals surface area contributed by atoms with Crippen LogP contribution in [0.15, 0.2) is 53.1 Å². The molecule has 120 valence electrons. The van der Waals surface area contributed by atoms with Crippen molar-refractivity contribution in [1.29, 1.82) is 0 Å². The van der Waals surface area contributed by atoms with E-state index in [2.05, 4.69) is 15.5 Å². The first-order valence-corrected chi connectivity index (χ1v) is 7.64. The fourth-order valence-electron chi connectivity index (χ4n) is 2.72. The maximum atomic E-state index is 12.3. The van der Waals surface area contributed by atoms with Crippen LogP contribution in [0.25, 0.3) is 11.4 Å². The highest BCUT2D eigenvalue weighted by molar-refractivity contribution is 5.94. The van der Waals surface area contributed by atoms with E-state index in [4.69, 9.17) is 9.26 Å². The molecule has 0 saturated carbocycles. The van der Waals surface area contributed by atoms with Gasteiger partial charge in [0, 0.05) is 23.6 Å². The predicted molar refractivity (Wildman–Crippen MR) is 86.6 cm³/mol. The normalized spacial score (nSPS) is 15.6. The molecule has 0 radical (unpaired) electrons. The van der Waals surface area contributed by atoms with Crippen LogP contribution in [0.2, 0.25) is 0 Å². The summed E-state index contributed by atoms with van der Waals surface area (Å²) >= 11 is 0. The van der Waals surface area contributed by atoms with Gasteiger partial charge in [0.25, 0.3) is 5.91 Å². The van der Waals surface area contributed by atoms with Gasteiger partial charge in [0.15, 0.2) is 0 Å². The minimum atomic E-state index is -0.172. The van der Waals surface area contributed by atoms with Gasteiger partial charge >= 0.3 is 0 Å². The molecule has 24 heavy (non-hydrogen) atoms. The van der Waals surface area contributed by atoms with Crippen LogP contribution in [-0.2, 0) is 0 Å². The number of aryl methyl sites for hydroxylation is 1. The lowest BCUT2D eigenvalue weighted by Gasteiger charge is -2.11. The summed E-state index contributed by atoms with van der Waals surface area (Å²) in [6.45, 7) is 2.15. The van der Waals surface area contributed by atoms with E-state index >= 15 is 0 Å². The number of carbonyl (C=O) groups excluding carboxylic acids is 1. The number of fused-ring (bicyclic) bond motifs is 1. The zero-order valence-electron chi connectivity index (χ0n) is 13.0. The molecule has 1 aromatic heterocycles. The molecule has 1 unspecified atom stereocenters. The number of hydrogen-bond donors (Lipinski definition) is 1. The quantitative estimate of drug-likeness (QED) is 0.802. The van der Waals surface area contributed by atoms with E-state index in [9.17, 15) is 4.79 Å². The molecule has 6 heteroatoms. The second kappa shape index (κ2) is 5.81. The van der Waals surface area contributed by atoms with E-state index in [1.807, 2.05) is 36.4 Å². The van der Waals surface area contributed by atoms with Gasteiger partial charge in [-0.25, -0.2) is 0 Å². The van der Waals surface area contributed by atoms with E-state index in [0.29, 0.717) is 23.9 Å². The number of hydrogen-bond acceptors (Lipinski definition) is 5. The van der Waals surface area contributed by atoms with E-state index in [1.165, 1.54) is 0 Å². The van der Waals surface area contributed by atoms with Crippen LogP contribution in [0.5, 0.6) is 5.75 Å². The van der Waals surface area contributed by atoms with Gasteiger partial charge < -0.3 is 14.6 Å². The highest BCUT2D eigenvalue weighted by Crippen LogP contribution is 2.35. The van der Waals surface area contributed by atoms with Gasteiger partial charge in [-0.2, -0.15) is 4.98 Å². The summed E-state index contributed by atoms with van der Waals surface area (Å²) in [5, 5.41) is 6.91. The summed E-state index contributed by atoms with van der Waals surface area (Å²) in [5.74, 6) is 1.65. The number of nitrogens with one attached hydrogen (secondary N) is 1. The Balaban J connectivity index is 1.55. The summed E-state index contributed by atoms with van der Waals surface area (Å²) in [6, 6.07) is 14.7. The summed E-state index contributed by atoms with van der Waals surface area (Å²) in [6.07, 6.45) is 0. The second-order valence-electron chi connectivity index (χ2n) is 5.59. The lowest BCUT2D eigenvalue weighted by Crippen LogP contribution is -2.29. The van der Waals surface area contributed by atoms with Gasteiger partial charge in [0.2, 0.25) is 11.7 Å². The Morgan fingerprint density at radius 2 is 2.04 bits per heavy atom. The molecular weight excluding hydrogens is 306 g/mol. The van der Waals surface area contributed by atoms with E-state index in [1.54, 1.807) is 19.1 Å². The molecular formula is C18H15N3O3. The predicted octanol–water partition coefficient (Wildman–Crippen LogP) is 2.91. The second-order valence-corrected chi connectivity index (χ2v) is 5.59. The van der Waals surface area contributed by atoms with Gasteiger partial charge in [0.05, 0.1) is 6.04 Å². The summed E-state index contributed by atoms with van der Waals surface area (Å²) in [7, 11) is 0. The fourth-order valence-corrected chi connectivity index (χ4v) is 2.72. The van der Waals surface area contributed by atoms with E-state index < -0.39 is 0 Å². The van der Waals surface area contributed by atoms with E-state index in [-0.39, 0.29) is 11.9 Å². The van der Waals surface area contributed by atoms with Crippen molar-refractivity contribution in [2.75, 3.05) is 6.61 Å². The van der Waals surface area contributed by atoms with Crippen molar-refractivity contribution >= 4 is 5.91 Å². The summed E-state index contributed by atoms with van der Waals surface area (Å²) in [4.78, 5) is 16.5. The highest BCUT2D eigenvalue weighted by Gasteiger charge is 2.26. The molecule has 6 nitrogen and oxygen atoms in total. The van der Waals surface area contributed by atoms with Crippen molar-refractivity contribution in [3.63, 3.8) is 0 Å². The first kappa shape index (κ1) is 14.4. The van der Waals surface area contributed by atoms with Crippen molar-refractivity contribution in [2.45, 2.75) is 13.0 Å². The Kier molecular flexibility index (Phi) is 3.49. The first-order valence-electron chi connectivity index (χ1n) is 7.64. The third-order valence-corrected chi connectivity index (χ3v) is 3.92. The molecule has 4 rings (SSSR count). The fraction of sp³-hybridized carbons (Fsp3) is 0.167. The van der Waals surface area contributed by atoms with E-state index in [0.717, 1.165) is 16.9 Å². The Bertz CT molecular complexity index is 890. The van der Waals surface area contributed by atoms with Gasteiger partial charge in [-0.3, -0.25) is 4.79 Å². The number of aromatic nitrogens is 2. The number of amides is 1. The molecule has 2 aromatic carbocycles. The first-order chi connectivity index (χ1) is 11.7. The van der Waals surface area contributed by atoms with Crippen LogP contribution < -0.4 is 10.1 Å². The molecule has 1 N–H and O–H groups in total. The third kappa shape index (κ3) is 2.62. The average molecular weight is 321 g/mol. The Morgan fingerprint density at radius 3 is 2.79 bits per heavy atom. The maximum Gasteiger partial charge on any atom is 0.251 e. The lowest BCUT2D eigenvalue weighted by atomic mass is 10.1. The largest absolute Gasteiger partial charge is 0.491 e. The standard InChI is InChI=1S/C18H15N3O3/c1-11-19-17(21-24-11)13-7-8-14-15(10-23-16(14)9-13)20-18(22)12-5-3-2-4-6-12/h2-9,15H,10H2,1H3,(H,20,22). The molecule has 0 spiro atoms. The minimum Gasteiger partial charge on any atom is -0.491 e. The van der Waals surface area contributed by atoms with Gasteiger partial charge in [-0.15, -0.1) is 0 Å². The number of rotatable bonds is 3. The SMILES string of the molecule is Cc1nc(-c2ccc3c(c2)OCC3NC(=O)c2ccccc2)no1. The number of benzene rings is 2. The maximum absolute atomic E-state index is 12.3. The molecule has 3 aromatic rings. The molecule has 2 heterocycles. The zero-order chi connectivity index (χ0) is 16.5. The lowest BCUT2D eigenvalue weighted by molar-refractivity contribution is 0.0930. The molecule has 0 saturated heterocycles. The molecule has 1 aliphatic heterocycles. The summed E-state index contributed by atoms with van der Waals surface area (Å²) < 4.78 is 10.7. The zero-order valence-corrected chi connectivity index (χ0v) is 13.0. The molecule has 0 bridgehead atoms. The van der Waals surface area contributed by atoms with Crippen molar-refractivity contribution in [3.05, 3.63) is 65.5 Å². The number of ether oxygens (including phenoxy) is 1. The van der Waals surface area contributed by atoms with Crippen LogP contribution in [0, 0.1) is 6.92 Å². The topological polar surface area (TPSA) is 77.2 Å². The summed E-state index contributed by atoms with van der Waals surface area (Å²) in [5.41, 5.74) is 2.40. The van der Waals surface area contributed by atoms with Gasteiger partial charge in [0.1, 0.15) is 12.4 Å². The van der Waals surface area contributed by atoms with Crippen molar-refractivity contribution in [1.82, 2.24) is 15.5 Å². The molecule has 1 amide bonds. The van der Waals surface area contributed by atoms with Crippen molar-refractivity contribution in [2.24, 2.45) is 0 Å². The van der Waals surface area contributed by atoms with Crippen LogP contribution in [0.4, 0.5) is 0 Å². The molecule has 1 atom stereocenters. The molecule has 1 aliphatic rings. The highest BCUT2D eigenvalue weighted by atomic mass is 16.5. The molecule has 0 fully saturated rings. The number of nitrogens with zero attached hydrogens (tertiary/aromatic N) is 2. The van der Waals surface area contributed by atoms with Crippen LogP contribution in [-0.4, -0.2) is 22.7 Å². The van der Waals surface area contributed by atoms with Crippen LogP contribution >= 0.6 is 0 Å². The van der Waals surface area contributed by atoms with Crippen molar-refractivity contribution in [3.8, 4) is 17.1 Å². The molecule has 0 aliphatic carbocycles. The van der Waals surface area contributed by atoms with Gasteiger partial charge in [-0.05, 0) is 18.2 Å². The Morgan fingerprint density at radius 1 is 1.21 bits per heavy atom. The smallest absolute Gasteiger partial charge is 0.251 e. The van der Waals surface area contributed by atoms with Crippen LogP contribution in [0.3, 0.4) is 0 Å². The number of carbonyl (C=O) groups is 1.